The van der Waals surface area contributed by atoms with E-state index in [4.69, 9.17) is 4.74 Å². The molecule has 2 fully saturated rings. The van der Waals surface area contributed by atoms with Crippen LogP contribution in [0.25, 0.3) is 0 Å². The van der Waals surface area contributed by atoms with Crippen molar-refractivity contribution >= 4 is 0 Å². The number of nitrogens with zero attached hydrogens (tertiary/aromatic N) is 1. The Morgan fingerprint density at radius 2 is 2.16 bits per heavy atom. The molecule has 1 aliphatic carbocycles. The van der Waals surface area contributed by atoms with E-state index < -0.39 is 0 Å². The van der Waals surface area contributed by atoms with Crippen molar-refractivity contribution in [1.82, 2.24) is 10.2 Å². The fraction of sp³-hybridized carbons (Fsp3) is 1.00. The van der Waals surface area contributed by atoms with E-state index in [2.05, 4.69) is 37.9 Å². The molecule has 1 aliphatic heterocycles. The molecule has 1 saturated heterocycles. The Morgan fingerprint density at radius 3 is 2.74 bits per heavy atom. The zero-order chi connectivity index (χ0) is 14.1. The SMILES string of the molecule is CC(C)NC1(CO)CCC(N2CCOCC2(C)C)C1. The van der Waals surface area contributed by atoms with Crippen molar-refractivity contribution in [1.29, 1.82) is 0 Å². The van der Waals surface area contributed by atoms with E-state index in [1.165, 1.54) is 6.42 Å². The van der Waals surface area contributed by atoms with E-state index >= 15 is 0 Å². The summed E-state index contributed by atoms with van der Waals surface area (Å²) < 4.78 is 5.61. The zero-order valence-electron chi connectivity index (χ0n) is 12.9. The molecule has 4 heteroatoms. The molecule has 4 nitrogen and oxygen atoms in total. The van der Waals surface area contributed by atoms with Crippen molar-refractivity contribution in [2.24, 2.45) is 0 Å². The lowest BCUT2D eigenvalue weighted by molar-refractivity contribution is -0.0723. The van der Waals surface area contributed by atoms with Crippen LogP contribution in [0.15, 0.2) is 0 Å². The number of ether oxygens (including phenoxy) is 1. The minimum absolute atomic E-state index is 0.0762. The fourth-order valence-electron chi connectivity index (χ4n) is 3.84. The van der Waals surface area contributed by atoms with E-state index in [0.717, 1.165) is 32.6 Å². The summed E-state index contributed by atoms with van der Waals surface area (Å²) in [5.74, 6) is 0. The van der Waals surface area contributed by atoms with Crippen molar-refractivity contribution in [3.8, 4) is 0 Å². The third kappa shape index (κ3) is 3.30. The standard InChI is InChI=1S/C15H30N2O2/c1-12(2)16-15(10-18)6-5-13(9-15)17-7-8-19-11-14(17,3)4/h12-13,16,18H,5-11H2,1-4H3. The Morgan fingerprint density at radius 1 is 1.42 bits per heavy atom. The predicted octanol–water partition coefficient (Wildman–Crippen LogP) is 1.38. The molecule has 1 heterocycles. The van der Waals surface area contributed by atoms with Gasteiger partial charge in [0.05, 0.1) is 19.8 Å². The van der Waals surface area contributed by atoms with Gasteiger partial charge in [-0.1, -0.05) is 13.8 Å². The number of aliphatic hydroxyl groups is 1. The van der Waals surface area contributed by atoms with Gasteiger partial charge >= 0.3 is 0 Å². The topological polar surface area (TPSA) is 44.7 Å². The van der Waals surface area contributed by atoms with Crippen LogP contribution in [0, 0.1) is 0 Å². The number of hydrogen-bond acceptors (Lipinski definition) is 4. The highest BCUT2D eigenvalue weighted by Gasteiger charge is 2.45. The van der Waals surface area contributed by atoms with Gasteiger partial charge in [0.2, 0.25) is 0 Å². The molecule has 2 N–H and O–H groups in total. The molecule has 0 amide bonds. The highest BCUT2D eigenvalue weighted by molar-refractivity contribution is 5.03. The summed E-state index contributed by atoms with van der Waals surface area (Å²) in [4.78, 5) is 2.59. The van der Waals surface area contributed by atoms with Gasteiger partial charge < -0.3 is 15.2 Å². The molecule has 112 valence electrons. The van der Waals surface area contributed by atoms with Gasteiger partial charge in [-0.15, -0.1) is 0 Å². The zero-order valence-corrected chi connectivity index (χ0v) is 12.9. The molecular formula is C15H30N2O2. The number of nitrogens with one attached hydrogen (secondary N) is 1. The van der Waals surface area contributed by atoms with Crippen LogP contribution in [0.3, 0.4) is 0 Å². The number of rotatable bonds is 4. The first-order chi connectivity index (χ1) is 8.88. The van der Waals surface area contributed by atoms with Gasteiger partial charge in [0, 0.05) is 29.7 Å². The summed E-state index contributed by atoms with van der Waals surface area (Å²) >= 11 is 0. The van der Waals surface area contributed by atoms with Crippen LogP contribution in [-0.2, 0) is 4.74 Å². The lowest BCUT2D eigenvalue weighted by Gasteiger charge is -2.46. The summed E-state index contributed by atoms with van der Waals surface area (Å²) in [5, 5.41) is 13.4. The molecular weight excluding hydrogens is 240 g/mol. The molecule has 2 unspecified atom stereocenters. The smallest absolute Gasteiger partial charge is 0.0645 e. The fourth-order valence-corrected chi connectivity index (χ4v) is 3.84. The molecule has 2 rings (SSSR count). The second-order valence-electron chi connectivity index (χ2n) is 7.19. The molecule has 0 spiro atoms. The van der Waals surface area contributed by atoms with Crippen LogP contribution in [0.5, 0.6) is 0 Å². The van der Waals surface area contributed by atoms with E-state index in [-0.39, 0.29) is 17.7 Å². The number of morpholine rings is 1. The van der Waals surface area contributed by atoms with Crippen LogP contribution < -0.4 is 5.32 Å². The lowest BCUT2D eigenvalue weighted by Crippen LogP contribution is -2.58. The summed E-state index contributed by atoms with van der Waals surface area (Å²) in [5.41, 5.74) is 0.0412. The Labute approximate surface area is 117 Å². The van der Waals surface area contributed by atoms with Crippen molar-refractivity contribution in [2.45, 2.75) is 70.1 Å². The first-order valence-corrected chi connectivity index (χ1v) is 7.62. The van der Waals surface area contributed by atoms with E-state index in [1.807, 2.05) is 0 Å². The monoisotopic (exact) mass is 270 g/mol. The van der Waals surface area contributed by atoms with Crippen LogP contribution in [-0.4, -0.2) is 59.5 Å². The van der Waals surface area contributed by atoms with Crippen molar-refractivity contribution in [3.05, 3.63) is 0 Å². The van der Waals surface area contributed by atoms with Crippen molar-refractivity contribution in [2.75, 3.05) is 26.4 Å². The molecule has 0 aromatic heterocycles. The average Bonchev–Trinajstić information content (AvgIpc) is 2.72. The highest BCUT2D eigenvalue weighted by atomic mass is 16.5. The first kappa shape index (κ1) is 15.2. The van der Waals surface area contributed by atoms with Crippen LogP contribution in [0.2, 0.25) is 0 Å². The third-order valence-electron chi connectivity index (χ3n) is 4.63. The van der Waals surface area contributed by atoms with Crippen LogP contribution in [0.1, 0.15) is 47.0 Å². The van der Waals surface area contributed by atoms with E-state index in [1.54, 1.807) is 0 Å². The number of aliphatic hydroxyl groups excluding tert-OH is 1. The van der Waals surface area contributed by atoms with Gasteiger partial charge in [-0.2, -0.15) is 0 Å². The average molecular weight is 270 g/mol. The van der Waals surface area contributed by atoms with Gasteiger partial charge in [0.1, 0.15) is 0 Å². The highest BCUT2D eigenvalue weighted by Crippen LogP contribution is 2.37. The largest absolute Gasteiger partial charge is 0.394 e. The van der Waals surface area contributed by atoms with Crippen molar-refractivity contribution in [3.63, 3.8) is 0 Å². The molecule has 0 aromatic carbocycles. The third-order valence-corrected chi connectivity index (χ3v) is 4.63. The van der Waals surface area contributed by atoms with Crippen LogP contribution in [0.4, 0.5) is 0 Å². The maximum Gasteiger partial charge on any atom is 0.0645 e. The minimum Gasteiger partial charge on any atom is -0.394 e. The van der Waals surface area contributed by atoms with E-state index in [9.17, 15) is 5.11 Å². The molecule has 0 bridgehead atoms. The molecule has 1 saturated carbocycles. The summed E-state index contributed by atoms with van der Waals surface area (Å²) in [6.45, 7) is 11.7. The Hall–Kier alpha value is -0.160. The maximum absolute atomic E-state index is 9.81. The van der Waals surface area contributed by atoms with Gasteiger partial charge in [-0.05, 0) is 33.1 Å². The van der Waals surface area contributed by atoms with Gasteiger partial charge in [0.15, 0.2) is 0 Å². The summed E-state index contributed by atoms with van der Waals surface area (Å²) in [6.07, 6.45) is 3.29. The second-order valence-corrected chi connectivity index (χ2v) is 7.19. The lowest BCUT2D eigenvalue weighted by atomic mass is 9.95. The predicted molar refractivity (Wildman–Crippen MR) is 77.3 cm³/mol. The molecule has 2 aliphatic rings. The molecule has 2 atom stereocenters. The molecule has 0 radical (unpaired) electrons. The molecule has 19 heavy (non-hydrogen) atoms. The van der Waals surface area contributed by atoms with Crippen LogP contribution >= 0.6 is 0 Å². The van der Waals surface area contributed by atoms with E-state index in [0.29, 0.717) is 12.1 Å². The quantitative estimate of drug-likeness (QED) is 0.810. The number of hydrogen-bond donors (Lipinski definition) is 2. The van der Waals surface area contributed by atoms with Gasteiger partial charge in [0.25, 0.3) is 0 Å². The summed E-state index contributed by atoms with van der Waals surface area (Å²) in [7, 11) is 0. The van der Waals surface area contributed by atoms with Gasteiger partial charge in [-0.25, -0.2) is 0 Å². The summed E-state index contributed by atoms with van der Waals surface area (Å²) in [6, 6.07) is 0.987. The maximum atomic E-state index is 9.81. The Kier molecular flexibility index (Phi) is 4.56. The van der Waals surface area contributed by atoms with Gasteiger partial charge in [-0.3, -0.25) is 4.90 Å². The normalized spacial score (nSPS) is 36.0. The Balaban J connectivity index is 2.04. The minimum atomic E-state index is -0.0762. The first-order valence-electron chi connectivity index (χ1n) is 7.62. The van der Waals surface area contributed by atoms with Crippen molar-refractivity contribution < 1.29 is 9.84 Å². The second kappa shape index (κ2) is 5.68. The molecule has 0 aromatic rings. The Bertz CT molecular complexity index is 307.